The maximum atomic E-state index is 12.8. The van der Waals surface area contributed by atoms with Gasteiger partial charge in [0.1, 0.15) is 11.6 Å². The lowest BCUT2D eigenvalue weighted by atomic mass is 10.2. The van der Waals surface area contributed by atoms with E-state index < -0.39 is 6.55 Å². The summed E-state index contributed by atoms with van der Waals surface area (Å²) in [5.74, 6) is 1.42. The number of aryl methyl sites for hydroxylation is 2. The van der Waals surface area contributed by atoms with Gasteiger partial charge in [-0.25, -0.2) is 9.97 Å². The summed E-state index contributed by atoms with van der Waals surface area (Å²) in [7, 11) is 0. The third kappa shape index (κ3) is 4.12. The van der Waals surface area contributed by atoms with Crippen LogP contribution in [0, 0.1) is 13.8 Å². The molecule has 25 heavy (non-hydrogen) atoms. The Morgan fingerprint density at radius 2 is 1.96 bits per heavy atom. The van der Waals surface area contributed by atoms with Crippen molar-refractivity contribution in [3.8, 4) is 11.6 Å². The zero-order valence-electron chi connectivity index (χ0n) is 13.9. The number of anilines is 1. The summed E-state index contributed by atoms with van der Waals surface area (Å²) in [6.07, 6.45) is 4.30. The predicted molar refractivity (Wildman–Crippen MR) is 91.0 cm³/mol. The molecule has 130 valence electrons. The average Bonchev–Trinajstić information content (AvgIpc) is 3.04. The number of ether oxygens (including phenoxy) is 1. The van der Waals surface area contributed by atoms with E-state index in [4.69, 9.17) is 4.74 Å². The molecule has 0 radical (unpaired) electrons. The van der Waals surface area contributed by atoms with Gasteiger partial charge in [-0.05, 0) is 37.1 Å². The van der Waals surface area contributed by atoms with Crippen molar-refractivity contribution in [2.24, 2.45) is 0 Å². The van der Waals surface area contributed by atoms with Crippen molar-refractivity contribution in [2.45, 2.75) is 26.9 Å². The molecule has 5 nitrogen and oxygen atoms in total. The molecule has 0 aliphatic carbocycles. The molecule has 0 aliphatic heterocycles. The Morgan fingerprint density at radius 3 is 2.72 bits per heavy atom. The Bertz CT molecular complexity index is 864. The van der Waals surface area contributed by atoms with E-state index in [1.165, 1.54) is 12.4 Å². The number of halogens is 2. The Labute approximate surface area is 144 Å². The molecular formula is C18H18F2N4O. The topological polar surface area (TPSA) is 52.0 Å². The van der Waals surface area contributed by atoms with Crippen LogP contribution in [0.1, 0.15) is 23.5 Å². The lowest BCUT2D eigenvalue weighted by molar-refractivity contribution is 0.0673. The molecule has 0 atom stereocenters. The predicted octanol–water partition coefficient (Wildman–Crippen LogP) is 4.69. The zero-order chi connectivity index (χ0) is 17.8. The number of rotatable bonds is 6. The molecule has 0 fully saturated rings. The molecule has 2 heterocycles. The van der Waals surface area contributed by atoms with Crippen LogP contribution in [-0.2, 0) is 6.54 Å². The first-order valence-corrected chi connectivity index (χ1v) is 7.78. The molecule has 3 rings (SSSR count). The van der Waals surface area contributed by atoms with Gasteiger partial charge in [0.15, 0.2) is 0 Å². The number of hydrogen-bond acceptors (Lipinski definition) is 4. The Balaban J connectivity index is 1.74. The van der Waals surface area contributed by atoms with E-state index in [0.29, 0.717) is 11.6 Å². The van der Waals surface area contributed by atoms with Gasteiger partial charge in [-0.2, -0.15) is 8.78 Å². The lowest BCUT2D eigenvalue weighted by Crippen LogP contribution is -2.09. The number of nitrogens with one attached hydrogen (secondary N) is 1. The number of nitrogens with zero attached hydrogens (tertiary/aromatic N) is 3. The van der Waals surface area contributed by atoms with Crippen LogP contribution in [0.15, 0.2) is 48.9 Å². The molecule has 0 unspecified atom stereocenters. The van der Waals surface area contributed by atoms with Gasteiger partial charge in [-0.3, -0.25) is 4.57 Å². The Hall–Kier alpha value is -2.96. The quantitative estimate of drug-likeness (QED) is 0.704. The third-order valence-corrected chi connectivity index (χ3v) is 3.70. The van der Waals surface area contributed by atoms with Crippen molar-refractivity contribution < 1.29 is 13.5 Å². The molecule has 2 aromatic heterocycles. The number of imidazole rings is 1. The van der Waals surface area contributed by atoms with E-state index in [2.05, 4.69) is 15.3 Å². The van der Waals surface area contributed by atoms with E-state index >= 15 is 0 Å². The van der Waals surface area contributed by atoms with E-state index in [1.807, 2.05) is 44.2 Å². The number of alkyl halides is 2. The normalized spacial score (nSPS) is 10.9. The van der Waals surface area contributed by atoms with Crippen LogP contribution in [0.3, 0.4) is 0 Å². The van der Waals surface area contributed by atoms with Crippen molar-refractivity contribution in [1.82, 2.24) is 14.5 Å². The third-order valence-electron chi connectivity index (χ3n) is 3.70. The van der Waals surface area contributed by atoms with Crippen LogP contribution in [0.4, 0.5) is 14.5 Å². The summed E-state index contributed by atoms with van der Waals surface area (Å²) in [6.45, 7) is 1.47. The molecule has 0 aliphatic rings. The molecule has 7 heteroatoms. The molecular weight excluding hydrogens is 326 g/mol. The molecule has 0 spiro atoms. The largest absolute Gasteiger partial charge is 0.439 e. The van der Waals surface area contributed by atoms with Crippen LogP contribution in [0.2, 0.25) is 0 Å². The summed E-state index contributed by atoms with van der Waals surface area (Å²) in [5.41, 5.74) is 2.75. The van der Waals surface area contributed by atoms with Crippen molar-refractivity contribution >= 4 is 5.69 Å². The van der Waals surface area contributed by atoms with Gasteiger partial charge in [0, 0.05) is 36.4 Å². The van der Waals surface area contributed by atoms with E-state index in [-0.39, 0.29) is 12.4 Å². The van der Waals surface area contributed by atoms with Crippen molar-refractivity contribution in [1.29, 1.82) is 0 Å². The second-order valence-electron chi connectivity index (χ2n) is 5.64. The van der Waals surface area contributed by atoms with Crippen LogP contribution in [0.25, 0.3) is 0 Å². The highest BCUT2D eigenvalue weighted by molar-refractivity contribution is 5.52. The average molecular weight is 344 g/mol. The van der Waals surface area contributed by atoms with E-state index in [0.717, 1.165) is 21.4 Å². The molecule has 0 saturated heterocycles. The fraction of sp³-hybridized carbons (Fsp3) is 0.222. The first kappa shape index (κ1) is 16.9. The monoisotopic (exact) mass is 344 g/mol. The van der Waals surface area contributed by atoms with E-state index in [9.17, 15) is 8.78 Å². The van der Waals surface area contributed by atoms with Crippen molar-refractivity contribution in [3.63, 3.8) is 0 Å². The molecule has 1 N–H and O–H groups in total. The number of benzene rings is 1. The van der Waals surface area contributed by atoms with Crippen LogP contribution < -0.4 is 10.1 Å². The maximum Gasteiger partial charge on any atom is 0.319 e. The molecule has 0 saturated carbocycles. The first-order chi connectivity index (χ1) is 12.0. The van der Waals surface area contributed by atoms with Crippen LogP contribution in [0.5, 0.6) is 11.6 Å². The van der Waals surface area contributed by atoms with Crippen molar-refractivity contribution in [2.75, 3.05) is 5.32 Å². The summed E-state index contributed by atoms with van der Waals surface area (Å²) in [5, 5.41) is 3.09. The highest BCUT2D eigenvalue weighted by atomic mass is 19.3. The maximum absolute atomic E-state index is 12.8. The molecule has 0 amide bonds. The smallest absolute Gasteiger partial charge is 0.319 e. The number of aromatic nitrogens is 3. The van der Waals surface area contributed by atoms with Gasteiger partial charge < -0.3 is 10.1 Å². The van der Waals surface area contributed by atoms with Crippen LogP contribution in [-0.4, -0.2) is 14.5 Å². The van der Waals surface area contributed by atoms with Crippen LogP contribution >= 0.6 is 0 Å². The molecule has 1 aromatic carbocycles. The minimum absolute atomic E-state index is 0.183. The fourth-order valence-corrected chi connectivity index (χ4v) is 2.34. The minimum atomic E-state index is -2.61. The van der Waals surface area contributed by atoms with Gasteiger partial charge in [0.2, 0.25) is 5.88 Å². The van der Waals surface area contributed by atoms with Gasteiger partial charge in [-0.15, -0.1) is 0 Å². The van der Waals surface area contributed by atoms with Gasteiger partial charge in [0.25, 0.3) is 0 Å². The Kier molecular flexibility index (Phi) is 4.92. The first-order valence-electron chi connectivity index (χ1n) is 7.78. The SMILES string of the molecule is Cc1ccnc(Oc2cc(NCc3nccn3C(F)F)ccc2C)c1. The van der Waals surface area contributed by atoms with E-state index in [1.54, 1.807) is 6.20 Å². The highest BCUT2D eigenvalue weighted by Crippen LogP contribution is 2.27. The fourth-order valence-electron chi connectivity index (χ4n) is 2.34. The lowest BCUT2D eigenvalue weighted by Gasteiger charge is -2.12. The summed E-state index contributed by atoms with van der Waals surface area (Å²) >= 11 is 0. The number of pyridine rings is 1. The minimum Gasteiger partial charge on any atom is -0.439 e. The summed E-state index contributed by atoms with van der Waals surface area (Å²) < 4.78 is 32.4. The molecule has 3 aromatic rings. The molecule has 0 bridgehead atoms. The second-order valence-corrected chi connectivity index (χ2v) is 5.64. The van der Waals surface area contributed by atoms with Gasteiger partial charge in [0.05, 0.1) is 6.54 Å². The summed E-state index contributed by atoms with van der Waals surface area (Å²) in [4.78, 5) is 8.13. The van der Waals surface area contributed by atoms with Gasteiger partial charge in [-0.1, -0.05) is 6.07 Å². The standard InChI is InChI=1S/C18H18F2N4O/c1-12-5-6-22-17(9-12)25-15-10-14(4-3-13(15)2)23-11-16-21-7-8-24(16)18(19)20/h3-10,18,23H,11H2,1-2H3. The highest BCUT2D eigenvalue weighted by Gasteiger charge is 2.11. The Morgan fingerprint density at radius 1 is 1.12 bits per heavy atom. The van der Waals surface area contributed by atoms with Crippen molar-refractivity contribution in [3.05, 3.63) is 65.9 Å². The number of hydrogen-bond donors (Lipinski definition) is 1. The summed E-state index contributed by atoms with van der Waals surface area (Å²) in [6, 6.07) is 9.31. The zero-order valence-corrected chi connectivity index (χ0v) is 13.9. The van der Waals surface area contributed by atoms with Gasteiger partial charge >= 0.3 is 6.55 Å². The second kappa shape index (κ2) is 7.29.